The maximum absolute atomic E-state index is 13.5. The van der Waals surface area contributed by atoms with Crippen LogP contribution >= 0.6 is 0 Å². The molecule has 2 aliphatic rings. The van der Waals surface area contributed by atoms with E-state index in [0.29, 0.717) is 18.5 Å². The number of esters is 1. The summed E-state index contributed by atoms with van der Waals surface area (Å²) in [5, 5.41) is 16.4. The van der Waals surface area contributed by atoms with E-state index in [-0.39, 0.29) is 63.8 Å². The first-order valence-electron chi connectivity index (χ1n) is 14.8. The highest BCUT2D eigenvalue weighted by atomic mass is 16.6. The third kappa shape index (κ3) is 7.47. The molecule has 1 saturated heterocycles. The lowest BCUT2D eigenvalue weighted by Crippen LogP contribution is -2.56. The Morgan fingerprint density at radius 2 is 1.68 bits per heavy atom. The fourth-order valence-electron chi connectivity index (χ4n) is 5.10. The molecule has 1 saturated carbocycles. The van der Waals surface area contributed by atoms with Gasteiger partial charge in [0.25, 0.3) is 5.91 Å². The first-order valence-corrected chi connectivity index (χ1v) is 14.8. The fourth-order valence-corrected chi connectivity index (χ4v) is 5.10. The second-order valence-electron chi connectivity index (χ2n) is 10.8. The second-order valence-corrected chi connectivity index (χ2v) is 10.8. The standard InChI is InChI=1S/C30H39N5O9/c1-4-42-28(40)30(12-7-13-30)44-24-19-23(32-35(24)21-9-6-8-20(3)18-21)26(38)31-22(10-11-25(36)37)27(39)33-14-16-34(17-15-33)29(41)43-5-2/h6,8-9,18-19,22H,4-5,7,10-17H2,1-3H3,(H,31,38)(H,36,37). The van der Waals surface area contributed by atoms with Crippen molar-refractivity contribution in [3.05, 3.63) is 41.6 Å². The molecule has 238 valence electrons. The molecule has 2 fully saturated rings. The van der Waals surface area contributed by atoms with Gasteiger partial charge in [0.15, 0.2) is 5.69 Å². The maximum atomic E-state index is 13.5. The van der Waals surface area contributed by atoms with Gasteiger partial charge < -0.3 is 34.4 Å². The molecule has 1 aliphatic heterocycles. The Balaban J connectivity index is 1.56. The van der Waals surface area contributed by atoms with Crippen LogP contribution in [0.25, 0.3) is 5.69 Å². The Hall–Kier alpha value is -4.62. The number of carbonyl (C=O) groups is 5. The van der Waals surface area contributed by atoms with E-state index < -0.39 is 41.5 Å². The summed E-state index contributed by atoms with van der Waals surface area (Å²) in [6.45, 7) is 6.64. The lowest BCUT2D eigenvalue weighted by Gasteiger charge is -2.38. The molecule has 2 heterocycles. The number of nitrogens with one attached hydrogen (secondary N) is 1. The molecule has 0 bridgehead atoms. The van der Waals surface area contributed by atoms with E-state index in [9.17, 15) is 29.1 Å². The molecule has 44 heavy (non-hydrogen) atoms. The van der Waals surface area contributed by atoms with Crippen LogP contribution in [0.15, 0.2) is 30.3 Å². The maximum Gasteiger partial charge on any atom is 0.409 e. The Kier molecular flexibility index (Phi) is 10.4. The molecule has 0 spiro atoms. The average Bonchev–Trinajstić information content (AvgIpc) is 3.41. The summed E-state index contributed by atoms with van der Waals surface area (Å²) >= 11 is 0. The second kappa shape index (κ2) is 14.2. The van der Waals surface area contributed by atoms with Gasteiger partial charge in [0.1, 0.15) is 6.04 Å². The molecule has 3 amide bonds. The number of aryl methyl sites for hydroxylation is 1. The zero-order valence-corrected chi connectivity index (χ0v) is 25.2. The van der Waals surface area contributed by atoms with Crippen LogP contribution in [0, 0.1) is 6.92 Å². The topological polar surface area (TPSA) is 170 Å². The third-order valence-corrected chi connectivity index (χ3v) is 7.63. The van der Waals surface area contributed by atoms with Gasteiger partial charge >= 0.3 is 18.0 Å². The van der Waals surface area contributed by atoms with Crippen molar-refractivity contribution in [3.63, 3.8) is 0 Å². The quantitative estimate of drug-likeness (QED) is 0.339. The van der Waals surface area contributed by atoms with Crippen molar-refractivity contribution in [2.45, 2.75) is 64.5 Å². The monoisotopic (exact) mass is 613 g/mol. The first kappa shape index (κ1) is 32.3. The van der Waals surface area contributed by atoms with Gasteiger partial charge in [0.2, 0.25) is 17.4 Å². The molecule has 1 atom stereocenters. The number of carboxylic acid groups (broad SMARTS) is 1. The van der Waals surface area contributed by atoms with Gasteiger partial charge in [-0.2, -0.15) is 5.10 Å². The van der Waals surface area contributed by atoms with Gasteiger partial charge in [-0.05, 0) is 64.2 Å². The number of nitrogens with zero attached hydrogens (tertiary/aromatic N) is 4. The van der Waals surface area contributed by atoms with Crippen molar-refractivity contribution < 1.29 is 43.3 Å². The molecule has 1 aromatic heterocycles. The van der Waals surface area contributed by atoms with Gasteiger partial charge in [0.05, 0.1) is 18.9 Å². The normalized spacial score (nSPS) is 16.3. The van der Waals surface area contributed by atoms with Gasteiger partial charge in [-0.15, -0.1) is 0 Å². The molecular formula is C30H39N5O9. The van der Waals surface area contributed by atoms with Crippen LogP contribution < -0.4 is 10.1 Å². The molecule has 14 nitrogen and oxygen atoms in total. The average molecular weight is 614 g/mol. The first-order chi connectivity index (χ1) is 21.1. The van der Waals surface area contributed by atoms with Crippen molar-refractivity contribution in [2.75, 3.05) is 39.4 Å². The van der Waals surface area contributed by atoms with Gasteiger partial charge in [-0.1, -0.05) is 12.1 Å². The molecule has 2 aromatic rings. The van der Waals surface area contributed by atoms with Crippen molar-refractivity contribution >= 4 is 29.8 Å². The highest BCUT2D eigenvalue weighted by molar-refractivity contribution is 5.96. The predicted molar refractivity (Wildman–Crippen MR) is 155 cm³/mol. The van der Waals surface area contributed by atoms with Crippen molar-refractivity contribution in [1.29, 1.82) is 0 Å². The minimum absolute atomic E-state index is 0.0832. The van der Waals surface area contributed by atoms with Crippen molar-refractivity contribution in [3.8, 4) is 11.6 Å². The van der Waals surface area contributed by atoms with Gasteiger partial charge in [-0.3, -0.25) is 14.4 Å². The zero-order chi connectivity index (χ0) is 31.9. The lowest BCUT2D eigenvalue weighted by molar-refractivity contribution is -0.170. The summed E-state index contributed by atoms with van der Waals surface area (Å²) in [6, 6.07) is 7.59. The van der Waals surface area contributed by atoms with Crippen LogP contribution in [0.3, 0.4) is 0 Å². The summed E-state index contributed by atoms with van der Waals surface area (Å²) in [6.07, 6.45) is 0.693. The minimum atomic E-state index is -1.20. The van der Waals surface area contributed by atoms with E-state index in [1.807, 2.05) is 25.1 Å². The van der Waals surface area contributed by atoms with E-state index in [1.54, 1.807) is 19.9 Å². The van der Waals surface area contributed by atoms with E-state index >= 15 is 0 Å². The van der Waals surface area contributed by atoms with Crippen LogP contribution in [0.5, 0.6) is 5.88 Å². The van der Waals surface area contributed by atoms with Crippen LogP contribution in [-0.2, 0) is 23.9 Å². The number of carboxylic acids is 1. The molecular weight excluding hydrogens is 574 g/mol. The highest BCUT2D eigenvalue weighted by Gasteiger charge is 2.49. The zero-order valence-electron chi connectivity index (χ0n) is 25.2. The highest BCUT2D eigenvalue weighted by Crippen LogP contribution is 2.38. The van der Waals surface area contributed by atoms with Crippen molar-refractivity contribution in [1.82, 2.24) is 24.9 Å². The summed E-state index contributed by atoms with van der Waals surface area (Å²) in [5.41, 5.74) is 0.244. The summed E-state index contributed by atoms with van der Waals surface area (Å²) in [7, 11) is 0. The summed E-state index contributed by atoms with van der Waals surface area (Å²) in [5.74, 6) is -2.63. The number of hydrogen-bond donors (Lipinski definition) is 2. The molecule has 1 aromatic carbocycles. The van der Waals surface area contributed by atoms with E-state index in [0.717, 1.165) is 12.0 Å². The Labute approximate surface area is 255 Å². The number of benzene rings is 1. The third-order valence-electron chi connectivity index (χ3n) is 7.63. The van der Waals surface area contributed by atoms with Crippen LogP contribution in [0.1, 0.15) is 62.0 Å². The van der Waals surface area contributed by atoms with Crippen LogP contribution in [0.4, 0.5) is 4.79 Å². The number of hydrogen-bond acceptors (Lipinski definition) is 9. The van der Waals surface area contributed by atoms with Crippen LogP contribution in [0.2, 0.25) is 0 Å². The Morgan fingerprint density at radius 3 is 2.27 bits per heavy atom. The number of ether oxygens (including phenoxy) is 3. The van der Waals surface area contributed by atoms with Gasteiger partial charge in [0, 0.05) is 38.7 Å². The number of aromatic nitrogens is 2. The van der Waals surface area contributed by atoms with E-state index in [4.69, 9.17) is 14.2 Å². The largest absolute Gasteiger partial charge is 0.481 e. The summed E-state index contributed by atoms with van der Waals surface area (Å²) < 4.78 is 17.9. The summed E-state index contributed by atoms with van der Waals surface area (Å²) in [4.78, 5) is 66.2. The number of aliphatic carboxylic acids is 1. The SMILES string of the molecule is CCOC(=O)N1CCN(C(=O)C(CCC(=O)O)NC(=O)c2cc(OC3(C(=O)OCC)CCC3)n(-c3cccc(C)c3)n2)CC1. The molecule has 1 unspecified atom stereocenters. The van der Waals surface area contributed by atoms with E-state index in [1.165, 1.54) is 20.5 Å². The number of carbonyl (C=O) groups excluding carboxylic acids is 4. The van der Waals surface area contributed by atoms with Crippen LogP contribution in [-0.4, -0.2) is 106 Å². The number of amides is 3. The Bertz CT molecular complexity index is 1380. The number of piperazine rings is 1. The number of rotatable bonds is 12. The smallest absolute Gasteiger partial charge is 0.409 e. The fraction of sp³-hybridized carbons (Fsp3) is 0.533. The molecule has 0 radical (unpaired) electrons. The molecule has 14 heteroatoms. The molecule has 4 rings (SSSR count). The predicted octanol–water partition coefficient (Wildman–Crippen LogP) is 2.31. The Morgan fingerprint density at radius 1 is 1.00 bits per heavy atom. The molecule has 2 N–H and O–H groups in total. The van der Waals surface area contributed by atoms with Gasteiger partial charge in [-0.25, -0.2) is 14.3 Å². The van der Waals surface area contributed by atoms with E-state index in [2.05, 4.69) is 10.4 Å². The minimum Gasteiger partial charge on any atom is -0.481 e. The lowest BCUT2D eigenvalue weighted by atomic mass is 9.80. The molecule has 1 aliphatic carbocycles. The van der Waals surface area contributed by atoms with Crippen molar-refractivity contribution in [2.24, 2.45) is 0 Å².